The minimum atomic E-state index is 1.13. The zero-order valence-corrected chi connectivity index (χ0v) is 28.1. The minimum Gasteiger partial charge on any atom is -0.308 e. The molecule has 0 aliphatic rings. The molecule has 9 aromatic carbocycles. The van der Waals surface area contributed by atoms with Crippen LogP contribution in [-0.4, -0.2) is 0 Å². The van der Waals surface area contributed by atoms with Gasteiger partial charge in [0.2, 0.25) is 0 Å². The molecule has 0 unspecified atom stereocenters. The van der Waals surface area contributed by atoms with Gasteiger partial charge in [-0.05, 0) is 85.4 Å². The van der Waals surface area contributed by atoms with Crippen LogP contribution in [-0.2, 0) is 0 Å². The maximum absolute atomic E-state index is 2.48. The summed E-state index contributed by atoms with van der Waals surface area (Å²) in [4.78, 5) is 2.48. The van der Waals surface area contributed by atoms with Crippen LogP contribution in [0.15, 0.2) is 188 Å². The van der Waals surface area contributed by atoms with E-state index in [9.17, 15) is 0 Å². The van der Waals surface area contributed by atoms with Crippen LogP contribution in [0.4, 0.5) is 17.1 Å². The lowest BCUT2D eigenvalue weighted by Crippen LogP contribution is -2.11. The molecule has 10 aromatic rings. The fourth-order valence-corrected chi connectivity index (χ4v) is 8.91. The van der Waals surface area contributed by atoms with Crippen molar-refractivity contribution in [1.29, 1.82) is 0 Å². The first-order valence-corrected chi connectivity index (χ1v) is 17.9. The number of rotatable bonds is 5. The number of benzene rings is 9. The van der Waals surface area contributed by atoms with Gasteiger partial charge in [-0.25, -0.2) is 0 Å². The van der Waals surface area contributed by atoms with Crippen LogP contribution in [0.1, 0.15) is 0 Å². The molecule has 1 aromatic heterocycles. The zero-order chi connectivity index (χ0) is 33.0. The van der Waals surface area contributed by atoms with E-state index in [-0.39, 0.29) is 0 Å². The molecule has 234 valence electrons. The molecule has 0 fully saturated rings. The highest BCUT2D eigenvalue weighted by Crippen LogP contribution is 2.48. The topological polar surface area (TPSA) is 3.24 Å². The number of anilines is 3. The van der Waals surface area contributed by atoms with Gasteiger partial charge in [-0.15, -0.1) is 11.3 Å². The molecular formula is C48H31NS. The van der Waals surface area contributed by atoms with Crippen molar-refractivity contribution >= 4 is 80.9 Å². The molecule has 0 aliphatic heterocycles. The smallest absolute Gasteiger partial charge is 0.0640 e. The van der Waals surface area contributed by atoms with Gasteiger partial charge < -0.3 is 4.90 Å². The first-order valence-electron chi connectivity index (χ1n) is 17.1. The summed E-state index contributed by atoms with van der Waals surface area (Å²) in [5.74, 6) is 0. The normalized spacial score (nSPS) is 11.6. The standard InChI is InChI=1S/C48H31NS/c1-3-17-38-32(12-1)14-10-21-40(38)34-15-9-16-35(30-34)42-19-5-7-23-45(42)49(46-24-11-22-44-43-20-6-8-25-47(43)50-48(44)46)37-28-29-41-36(31-37)27-26-33-13-2-4-18-39(33)41/h1-31H. The van der Waals surface area contributed by atoms with E-state index < -0.39 is 0 Å². The van der Waals surface area contributed by atoms with Crippen LogP contribution in [0.3, 0.4) is 0 Å². The van der Waals surface area contributed by atoms with Gasteiger partial charge in [0.05, 0.1) is 16.1 Å². The van der Waals surface area contributed by atoms with Crippen LogP contribution in [0.25, 0.3) is 74.7 Å². The molecule has 0 bridgehead atoms. The molecule has 0 radical (unpaired) electrons. The largest absolute Gasteiger partial charge is 0.308 e. The van der Waals surface area contributed by atoms with Gasteiger partial charge in [-0.2, -0.15) is 0 Å². The Labute approximate surface area is 294 Å². The monoisotopic (exact) mass is 653 g/mol. The van der Waals surface area contributed by atoms with Crippen LogP contribution in [0.5, 0.6) is 0 Å². The van der Waals surface area contributed by atoms with Crippen LogP contribution < -0.4 is 4.90 Å². The lowest BCUT2D eigenvalue weighted by atomic mass is 9.94. The fourth-order valence-electron chi connectivity index (χ4n) is 7.70. The third-order valence-electron chi connectivity index (χ3n) is 10.0. The fraction of sp³-hybridized carbons (Fsp3) is 0. The third-order valence-corrected chi connectivity index (χ3v) is 11.2. The van der Waals surface area contributed by atoms with Gasteiger partial charge in [0, 0.05) is 26.7 Å². The molecule has 0 N–H and O–H groups in total. The highest BCUT2D eigenvalue weighted by Gasteiger charge is 2.21. The summed E-state index contributed by atoms with van der Waals surface area (Å²) in [7, 11) is 0. The number of nitrogens with zero attached hydrogens (tertiary/aromatic N) is 1. The van der Waals surface area contributed by atoms with E-state index in [2.05, 4.69) is 193 Å². The Kier molecular flexibility index (Phi) is 6.75. The Morgan fingerprint density at radius 3 is 1.82 bits per heavy atom. The zero-order valence-electron chi connectivity index (χ0n) is 27.3. The lowest BCUT2D eigenvalue weighted by Gasteiger charge is -2.29. The Balaban J connectivity index is 1.21. The molecule has 0 saturated heterocycles. The van der Waals surface area contributed by atoms with Crippen molar-refractivity contribution in [3.63, 3.8) is 0 Å². The second kappa shape index (κ2) is 11.7. The van der Waals surface area contributed by atoms with Crippen LogP contribution >= 0.6 is 11.3 Å². The van der Waals surface area contributed by atoms with Crippen molar-refractivity contribution < 1.29 is 0 Å². The number of fused-ring (bicyclic) bond motifs is 7. The minimum absolute atomic E-state index is 1.13. The maximum Gasteiger partial charge on any atom is 0.0640 e. The van der Waals surface area contributed by atoms with E-state index in [1.54, 1.807) is 0 Å². The van der Waals surface area contributed by atoms with Crippen molar-refractivity contribution in [2.24, 2.45) is 0 Å². The van der Waals surface area contributed by atoms with Crippen molar-refractivity contribution in [1.82, 2.24) is 0 Å². The van der Waals surface area contributed by atoms with Crippen molar-refractivity contribution in [2.75, 3.05) is 4.90 Å². The highest BCUT2D eigenvalue weighted by molar-refractivity contribution is 7.26. The van der Waals surface area contributed by atoms with E-state index in [0.29, 0.717) is 0 Å². The molecule has 0 amide bonds. The highest BCUT2D eigenvalue weighted by atomic mass is 32.1. The molecular weight excluding hydrogens is 623 g/mol. The van der Waals surface area contributed by atoms with Gasteiger partial charge in [0.25, 0.3) is 0 Å². The van der Waals surface area contributed by atoms with Gasteiger partial charge >= 0.3 is 0 Å². The van der Waals surface area contributed by atoms with Gasteiger partial charge in [-0.3, -0.25) is 0 Å². The predicted molar refractivity (Wildman–Crippen MR) is 217 cm³/mol. The summed E-state index contributed by atoms with van der Waals surface area (Å²) in [5.41, 5.74) is 8.29. The molecule has 50 heavy (non-hydrogen) atoms. The van der Waals surface area contributed by atoms with Gasteiger partial charge in [0.1, 0.15) is 0 Å². The number of hydrogen-bond acceptors (Lipinski definition) is 2. The van der Waals surface area contributed by atoms with Crippen molar-refractivity contribution in [3.05, 3.63) is 188 Å². The Morgan fingerprint density at radius 1 is 0.340 bits per heavy atom. The first kappa shape index (κ1) is 28.8. The quantitative estimate of drug-likeness (QED) is 0.167. The first-order chi connectivity index (χ1) is 24.8. The SMILES string of the molecule is c1cc(-c2ccccc2N(c2ccc3c(ccc4ccccc43)c2)c2cccc3c2sc2ccccc23)cc(-c2cccc3ccccc23)c1. The Bertz CT molecular complexity index is 2890. The molecule has 1 heterocycles. The Morgan fingerprint density at radius 2 is 0.920 bits per heavy atom. The van der Waals surface area contributed by atoms with Crippen LogP contribution in [0, 0.1) is 0 Å². The molecule has 2 heteroatoms. The molecule has 10 rings (SSSR count). The summed E-state index contributed by atoms with van der Waals surface area (Å²) in [5, 5.41) is 10.1. The predicted octanol–water partition coefficient (Wildman–Crippen LogP) is 14.3. The van der Waals surface area contributed by atoms with Crippen LogP contribution in [0.2, 0.25) is 0 Å². The van der Waals surface area contributed by atoms with E-state index in [1.807, 2.05) is 11.3 Å². The average molecular weight is 654 g/mol. The third kappa shape index (κ3) is 4.69. The number of thiophene rings is 1. The van der Waals surface area contributed by atoms with Crippen molar-refractivity contribution in [3.8, 4) is 22.3 Å². The average Bonchev–Trinajstić information content (AvgIpc) is 3.57. The van der Waals surface area contributed by atoms with Crippen molar-refractivity contribution in [2.45, 2.75) is 0 Å². The van der Waals surface area contributed by atoms with Gasteiger partial charge in [0.15, 0.2) is 0 Å². The summed E-state index contributed by atoms with van der Waals surface area (Å²) >= 11 is 1.87. The summed E-state index contributed by atoms with van der Waals surface area (Å²) in [6.07, 6.45) is 0. The molecule has 0 aliphatic carbocycles. The van der Waals surface area contributed by atoms with E-state index in [1.165, 1.54) is 80.4 Å². The molecule has 1 nitrogen and oxygen atoms in total. The molecule has 0 saturated carbocycles. The molecule has 0 atom stereocenters. The lowest BCUT2D eigenvalue weighted by molar-refractivity contribution is 1.31. The second-order valence-corrected chi connectivity index (χ2v) is 14.0. The molecule has 0 spiro atoms. The summed E-state index contributed by atoms with van der Waals surface area (Å²) < 4.78 is 2.59. The number of hydrogen-bond donors (Lipinski definition) is 0. The Hall–Kier alpha value is -6.22. The van der Waals surface area contributed by atoms with Gasteiger partial charge in [-0.1, -0.05) is 152 Å². The van der Waals surface area contributed by atoms with E-state index >= 15 is 0 Å². The van der Waals surface area contributed by atoms with E-state index in [4.69, 9.17) is 0 Å². The maximum atomic E-state index is 2.48. The van der Waals surface area contributed by atoms with E-state index in [0.717, 1.165) is 11.4 Å². The summed E-state index contributed by atoms with van der Waals surface area (Å²) in [6, 6.07) is 68.8. The second-order valence-electron chi connectivity index (χ2n) is 12.9. The summed E-state index contributed by atoms with van der Waals surface area (Å²) in [6.45, 7) is 0. The number of para-hydroxylation sites is 1.